The molecule has 1 aliphatic rings. The number of hydrogen-bond acceptors (Lipinski definition) is 2. The summed E-state index contributed by atoms with van der Waals surface area (Å²) >= 11 is 0. The van der Waals surface area contributed by atoms with E-state index in [0.717, 1.165) is 4.90 Å². The van der Waals surface area contributed by atoms with Gasteiger partial charge in [-0.3, -0.25) is 9.59 Å². The summed E-state index contributed by atoms with van der Waals surface area (Å²) in [5, 5.41) is 0. The fraction of sp³-hybridized carbons (Fsp3) is 0. The third-order valence-corrected chi connectivity index (χ3v) is 3.32. The van der Waals surface area contributed by atoms with Gasteiger partial charge in [-0.15, -0.1) is 12.8 Å². The highest BCUT2D eigenvalue weighted by Gasteiger charge is 2.36. The minimum Gasteiger partial charge on any atom is -0.268 e. The molecule has 3 rings (SSSR count). The van der Waals surface area contributed by atoms with Crippen LogP contribution >= 0.6 is 0 Å². The Balaban J connectivity index is 2.12. The van der Waals surface area contributed by atoms with Crippen LogP contribution in [-0.4, -0.2) is 11.8 Å². The summed E-state index contributed by atoms with van der Waals surface area (Å²) in [6.07, 6.45) is 10.7. The molecule has 2 amide bonds. The van der Waals surface area contributed by atoms with Crippen LogP contribution in [0.3, 0.4) is 0 Å². The van der Waals surface area contributed by atoms with Gasteiger partial charge in [0, 0.05) is 11.1 Å². The first-order chi connectivity index (χ1) is 10.2. The maximum absolute atomic E-state index is 12.5. The standard InChI is InChI=1S/C18H9NO2/c1-3-12-6-5-7-14(10-12)19-17(20)15-9-8-13(4-2)11-16(15)18(19)21/h1-2,5-11H. The fourth-order valence-corrected chi connectivity index (χ4v) is 2.30. The lowest BCUT2D eigenvalue weighted by atomic mass is 10.1. The lowest BCUT2D eigenvalue weighted by molar-refractivity contribution is 0.0926. The maximum Gasteiger partial charge on any atom is 0.266 e. The molecule has 0 fully saturated rings. The number of carbonyl (C=O) groups is 2. The monoisotopic (exact) mass is 271 g/mol. The van der Waals surface area contributed by atoms with Gasteiger partial charge in [0.2, 0.25) is 0 Å². The molecule has 0 unspecified atom stereocenters. The number of hydrogen-bond donors (Lipinski definition) is 0. The Hall–Kier alpha value is -3.30. The zero-order valence-electron chi connectivity index (χ0n) is 11.0. The van der Waals surface area contributed by atoms with Gasteiger partial charge < -0.3 is 0 Å². The normalized spacial score (nSPS) is 12.8. The summed E-state index contributed by atoms with van der Waals surface area (Å²) in [4.78, 5) is 26.0. The summed E-state index contributed by atoms with van der Waals surface area (Å²) in [5.41, 5.74) is 2.30. The molecule has 0 spiro atoms. The lowest BCUT2D eigenvalue weighted by Crippen LogP contribution is -2.29. The summed E-state index contributed by atoms with van der Waals surface area (Å²) in [6.45, 7) is 0. The number of anilines is 1. The van der Waals surface area contributed by atoms with Crippen molar-refractivity contribution in [3.05, 3.63) is 64.7 Å². The topological polar surface area (TPSA) is 37.4 Å². The fourth-order valence-electron chi connectivity index (χ4n) is 2.30. The number of fused-ring (bicyclic) bond motifs is 1. The molecular weight excluding hydrogens is 262 g/mol. The molecule has 21 heavy (non-hydrogen) atoms. The molecule has 0 aromatic heterocycles. The van der Waals surface area contributed by atoms with Crippen LogP contribution in [0.4, 0.5) is 5.69 Å². The van der Waals surface area contributed by atoms with Crippen molar-refractivity contribution < 1.29 is 9.59 Å². The molecule has 0 saturated carbocycles. The van der Waals surface area contributed by atoms with E-state index in [1.807, 2.05) is 0 Å². The van der Waals surface area contributed by atoms with Crippen LogP contribution in [0.5, 0.6) is 0 Å². The highest BCUT2D eigenvalue weighted by Crippen LogP contribution is 2.29. The van der Waals surface area contributed by atoms with Gasteiger partial charge in [-0.2, -0.15) is 0 Å². The molecule has 98 valence electrons. The first-order valence-corrected chi connectivity index (χ1v) is 6.22. The number of nitrogens with zero attached hydrogens (tertiary/aromatic N) is 1. The highest BCUT2D eigenvalue weighted by molar-refractivity contribution is 6.34. The van der Waals surface area contributed by atoms with Gasteiger partial charge in [0.1, 0.15) is 0 Å². The molecule has 0 bridgehead atoms. The molecule has 2 aromatic rings. The number of benzene rings is 2. The zero-order valence-corrected chi connectivity index (χ0v) is 11.0. The van der Waals surface area contributed by atoms with Crippen LogP contribution in [-0.2, 0) is 0 Å². The van der Waals surface area contributed by atoms with E-state index in [9.17, 15) is 9.59 Å². The van der Waals surface area contributed by atoms with Crippen LogP contribution in [0.1, 0.15) is 31.8 Å². The van der Waals surface area contributed by atoms with E-state index < -0.39 is 0 Å². The van der Waals surface area contributed by atoms with Crippen molar-refractivity contribution in [3.8, 4) is 24.7 Å². The average molecular weight is 271 g/mol. The second-order valence-corrected chi connectivity index (χ2v) is 4.55. The van der Waals surface area contributed by atoms with Crippen LogP contribution in [0.2, 0.25) is 0 Å². The zero-order chi connectivity index (χ0) is 15.0. The van der Waals surface area contributed by atoms with Crippen molar-refractivity contribution in [2.45, 2.75) is 0 Å². The van der Waals surface area contributed by atoms with Crippen molar-refractivity contribution in [3.63, 3.8) is 0 Å². The molecule has 2 aromatic carbocycles. The maximum atomic E-state index is 12.5. The Morgan fingerprint density at radius 1 is 0.810 bits per heavy atom. The molecule has 0 radical (unpaired) electrons. The van der Waals surface area contributed by atoms with E-state index in [1.165, 1.54) is 0 Å². The Morgan fingerprint density at radius 3 is 2.19 bits per heavy atom. The summed E-state index contributed by atoms with van der Waals surface area (Å²) in [7, 11) is 0. The second kappa shape index (κ2) is 4.67. The van der Waals surface area contributed by atoms with Crippen molar-refractivity contribution in [1.29, 1.82) is 0 Å². The lowest BCUT2D eigenvalue weighted by Gasteiger charge is -2.13. The van der Waals surface area contributed by atoms with E-state index in [2.05, 4.69) is 11.8 Å². The van der Waals surface area contributed by atoms with Crippen molar-refractivity contribution >= 4 is 17.5 Å². The van der Waals surface area contributed by atoms with Gasteiger partial charge in [-0.05, 0) is 36.4 Å². The quantitative estimate of drug-likeness (QED) is 0.590. The number of imide groups is 1. The van der Waals surface area contributed by atoms with Crippen LogP contribution in [0.15, 0.2) is 42.5 Å². The third-order valence-electron chi connectivity index (χ3n) is 3.32. The van der Waals surface area contributed by atoms with E-state index in [-0.39, 0.29) is 11.8 Å². The molecular formula is C18H9NO2. The molecule has 0 atom stereocenters. The van der Waals surface area contributed by atoms with Crippen molar-refractivity contribution in [2.24, 2.45) is 0 Å². The van der Waals surface area contributed by atoms with Crippen molar-refractivity contribution in [1.82, 2.24) is 0 Å². The first kappa shape index (κ1) is 12.7. The van der Waals surface area contributed by atoms with Gasteiger partial charge in [-0.25, -0.2) is 4.90 Å². The highest BCUT2D eigenvalue weighted by atomic mass is 16.2. The van der Waals surface area contributed by atoms with Gasteiger partial charge in [-0.1, -0.05) is 17.9 Å². The number of rotatable bonds is 1. The summed E-state index contributed by atoms with van der Waals surface area (Å²) in [6, 6.07) is 11.5. The molecule has 0 aliphatic carbocycles. The van der Waals surface area contributed by atoms with Gasteiger partial charge >= 0.3 is 0 Å². The Kier molecular flexibility index (Phi) is 2.83. The van der Waals surface area contributed by atoms with E-state index in [4.69, 9.17) is 12.8 Å². The van der Waals surface area contributed by atoms with Gasteiger partial charge in [0.05, 0.1) is 16.8 Å². The van der Waals surface area contributed by atoms with Crippen molar-refractivity contribution in [2.75, 3.05) is 4.90 Å². The SMILES string of the molecule is C#Cc1cccc(N2C(=O)c3ccc(C#C)cc3C2=O)c1. The smallest absolute Gasteiger partial charge is 0.266 e. The van der Waals surface area contributed by atoms with Gasteiger partial charge in [0.15, 0.2) is 0 Å². The second-order valence-electron chi connectivity index (χ2n) is 4.55. The molecule has 3 nitrogen and oxygen atoms in total. The minimum absolute atomic E-state index is 0.321. The van der Waals surface area contributed by atoms with Gasteiger partial charge in [0.25, 0.3) is 11.8 Å². The molecule has 1 heterocycles. The number of amides is 2. The van der Waals surface area contributed by atoms with Crippen LogP contribution < -0.4 is 4.90 Å². The Bertz CT molecular complexity index is 866. The molecule has 0 N–H and O–H groups in total. The minimum atomic E-state index is -0.388. The summed E-state index contributed by atoms with van der Waals surface area (Å²) < 4.78 is 0. The largest absolute Gasteiger partial charge is 0.268 e. The average Bonchev–Trinajstić information content (AvgIpc) is 2.78. The summed E-state index contributed by atoms with van der Waals surface area (Å²) in [5.74, 6) is 4.18. The van der Waals surface area contributed by atoms with Crippen LogP contribution in [0.25, 0.3) is 0 Å². The van der Waals surface area contributed by atoms with Crippen LogP contribution in [0, 0.1) is 24.7 Å². The Morgan fingerprint density at radius 2 is 1.48 bits per heavy atom. The third kappa shape index (κ3) is 1.89. The Labute approximate surface area is 122 Å². The molecule has 0 saturated heterocycles. The van der Waals surface area contributed by atoms with E-state index in [0.29, 0.717) is 27.9 Å². The van der Waals surface area contributed by atoms with E-state index >= 15 is 0 Å². The molecule has 1 aliphatic heterocycles. The number of terminal acetylenes is 2. The number of carbonyl (C=O) groups excluding carboxylic acids is 2. The predicted octanol–water partition coefficient (Wildman–Crippen LogP) is 2.45. The predicted molar refractivity (Wildman–Crippen MR) is 79.9 cm³/mol. The van der Waals surface area contributed by atoms with E-state index in [1.54, 1.807) is 42.5 Å². The molecule has 3 heteroatoms. The first-order valence-electron chi connectivity index (χ1n) is 6.22.